The Morgan fingerprint density at radius 2 is 2.04 bits per heavy atom. The largest absolute Gasteiger partial charge is 0.396 e. The van der Waals surface area contributed by atoms with Crippen LogP contribution in [0.3, 0.4) is 0 Å². The van der Waals surface area contributed by atoms with Crippen molar-refractivity contribution < 1.29 is 9.90 Å². The lowest BCUT2D eigenvalue weighted by Crippen LogP contribution is -2.44. The monoisotopic (exact) mass is 341 g/mol. The Hall–Kier alpha value is -2.85. The number of hydrogen-bond acceptors (Lipinski definition) is 5. The van der Waals surface area contributed by atoms with Crippen LogP contribution in [0.2, 0.25) is 0 Å². The topological polar surface area (TPSA) is 117 Å². The average Bonchev–Trinajstić information content (AvgIpc) is 2.94. The Morgan fingerprint density at radius 3 is 2.52 bits per heavy atom. The molecule has 0 radical (unpaired) electrons. The summed E-state index contributed by atoms with van der Waals surface area (Å²) >= 11 is 0. The lowest BCUT2D eigenvalue weighted by molar-refractivity contribution is 0.0885. The first kappa shape index (κ1) is 18.5. The lowest BCUT2D eigenvalue weighted by atomic mass is 9.85. The number of benzene rings is 1. The Kier molecular flexibility index (Phi) is 5.45. The Labute approximate surface area is 147 Å². The number of nitrogen functional groups attached to an aromatic ring is 1. The van der Waals surface area contributed by atoms with Crippen molar-refractivity contribution >= 4 is 11.7 Å². The van der Waals surface area contributed by atoms with Gasteiger partial charge in [-0.1, -0.05) is 20.8 Å². The second-order valence-corrected chi connectivity index (χ2v) is 6.92. The number of amides is 1. The molecule has 25 heavy (non-hydrogen) atoms. The minimum Gasteiger partial charge on any atom is -0.396 e. The van der Waals surface area contributed by atoms with E-state index in [1.54, 1.807) is 24.3 Å². The molecule has 7 nitrogen and oxygen atoms in total. The van der Waals surface area contributed by atoms with Crippen LogP contribution in [0.15, 0.2) is 30.5 Å². The van der Waals surface area contributed by atoms with E-state index in [-0.39, 0.29) is 29.8 Å². The van der Waals surface area contributed by atoms with Crippen molar-refractivity contribution in [1.82, 2.24) is 15.1 Å². The smallest absolute Gasteiger partial charge is 0.251 e. The molecule has 0 aliphatic rings. The molecule has 1 amide bonds. The maximum atomic E-state index is 12.5. The first-order valence-corrected chi connectivity index (χ1v) is 8.03. The molecule has 0 aliphatic carbocycles. The minimum atomic E-state index is -0.203. The molecule has 0 aliphatic heterocycles. The molecule has 2 rings (SSSR count). The van der Waals surface area contributed by atoms with Crippen LogP contribution in [0.5, 0.6) is 0 Å². The van der Waals surface area contributed by atoms with Gasteiger partial charge in [-0.25, -0.2) is 4.68 Å². The summed E-state index contributed by atoms with van der Waals surface area (Å²) in [5.41, 5.74) is 7.18. The van der Waals surface area contributed by atoms with Crippen molar-refractivity contribution in [2.24, 2.45) is 5.41 Å². The normalized spacial score (nSPS) is 12.4. The van der Waals surface area contributed by atoms with Crippen molar-refractivity contribution in [3.05, 3.63) is 41.6 Å². The summed E-state index contributed by atoms with van der Waals surface area (Å²) in [4.78, 5) is 12.5. The SMILES string of the molecule is CC(C)(C)C(CCO)NC(=O)c1ccc(-n2ncc(C#N)c2N)cc1. The zero-order chi connectivity index (χ0) is 18.6. The number of aromatic nitrogens is 2. The van der Waals surface area contributed by atoms with Gasteiger partial charge in [0.05, 0.1) is 11.9 Å². The molecule has 1 heterocycles. The van der Waals surface area contributed by atoms with E-state index >= 15 is 0 Å². The zero-order valence-corrected chi connectivity index (χ0v) is 14.7. The highest BCUT2D eigenvalue weighted by atomic mass is 16.3. The van der Waals surface area contributed by atoms with Crippen molar-refractivity contribution in [3.63, 3.8) is 0 Å². The molecule has 0 saturated heterocycles. The molecule has 1 aromatic carbocycles. The van der Waals surface area contributed by atoms with E-state index in [0.29, 0.717) is 23.2 Å². The van der Waals surface area contributed by atoms with Crippen LogP contribution in [0.4, 0.5) is 5.82 Å². The number of hydrogen-bond donors (Lipinski definition) is 3. The summed E-state index contributed by atoms with van der Waals surface area (Å²) in [7, 11) is 0. The van der Waals surface area contributed by atoms with E-state index in [9.17, 15) is 9.90 Å². The quantitative estimate of drug-likeness (QED) is 0.767. The van der Waals surface area contributed by atoms with Crippen LogP contribution in [-0.4, -0.2) is 33.4 Å². The molecule has 0 spiro atoms. The van der Waals surface area contributed by atoms with Crippen molar-refractivity contribution in [2.75, 3.05) is 12.3 Å². The fourth-order valence-electron chi connectivity index (χ4n) is 2.50. The van der Waals surface area contributed by atoms with Gasteiger partial charge in [-0.3, -0.25) is 4.79 Å². The fourth-order valence-corrected chi connectivity index (χ4v) is 2.50. The molecule has 0 bridgehead atoms. The summed E-state index contributed by atoms with van der Waals surface area (Å²) in [5.74, 6) is 0.0570. The number of nitrogens with one attached hydrogen (secondary N) is 1. The van der Waals surface area contributed by atoms with E-state index in [4.69, 9.17) is 11.0 Å². The summed E-state index contributed by atoms with van der Waals surface area (Å²) in [6.07, 6.45) is 1.90. The number of nitriles is 1. The summed E-state index contributed by atoms with van der Waals surface area (Å²) in [6, 6.07) is 8.63. The van der Waals surface area contributed by atoms with Gasteiger partial charge in [0.15, 0.2) is 0 Å². The van der Waals surface area contributed by atoms with Gasteiger partial charge >= 0.3 is 0 Å². The summed E-state index contributed by atoms with van der Waals surface area (Å²) in [5, 5.41) is 25.2. The van der Waals surface area contributed by atoms with E-state index in [0.717, 1.165) is 0 Å². The van der Waals surface area contributed by atoms with Crippen LogP contribution in [-0.2, 0) is 0 Å². The van der Waals surface area contributed by atoms with E-state index < -0.39 is 0 Å². The van der Waals surface area contributed by atoms with Gasteiger partial charge in [0.1, 0.15) is 17.5 Å². The van der Waals surface area contributed by atoms with E-state index in [2.05, 4.69) is 10.4 Å². The first-order chi connectivity index (χ1) is 11.8. The van der Waals surface area contributed by atoms with Crippen LogP contribution in [0.1, 0.15) is 43.1 Å². The number of carbonyl (C=O) groups excluding carboxylic acids is 1. The molecule has 1 atom stereocenters. The van der Waals surface area contributed by atoms with Crippen molar-refractivity contribution in [1.29, 1.82) is 5.26 Å². The number of anilines is 1. The third-order valence-electron chi connectivity index (χ3n) is 4.07. The van der Waals surface area contributed by atoms with Gasteiger partial charge in [-0.2, -0.15) is 10.4 Å². The predicted octanol–water partition coefficient (Wildman–Crippen LogP) is 1.85. The number of aliphatic hydroxyl groups excluding tert-OH is 1. The molecule has 132 valence electrons. The molecule has 4 N–H and O–H groups in total. The Morgan fingerprint density at radius 1 is 1.40 bits per heavy atom. The van der Waals surface area contributed by atoms with E-state index in [1.807, 2.05) is 26.8 Å². The maximum absolute atomic E-state index is 12.5. The number of nitrogens with two attached hydrogens (primary N) is 1. The molecule has 1 unspecified atom stereocenters. The molecule has 0 fully saturated rings. The molecule has 0 saturated carbocycles. The van der Waals surface area contributed by atoms with E-state index in [1.165, 1.54) is 10.9 Å². The highest BCUT2D eigenvalue weighted by molar-refractivity contribution is 5.94. The molecular weight excluding hydrogens is 318 g/mol. The standard InChI is InChI=1S/C18H23N5O2/c1-18(2,3)15(8-9-24)22-17(25)12-4-6-14(7-5-12)23-16(20)13(10-19)11-21-23/h4-7,11,15,24H,8-9,20H2,1-3H3,(H,22,25). The second kappa shape index (κ2) is 7.36. The number of aliphatic hydroxyl groups is 1. The minimum absolute atomic E-state index is 0.0148. The first-order valence-electron chi connectivity index (χ1n) is 8.03. The Bertz CT molecular complexity index is 781. The van der Waals surface area contributed by atoms with Crippen LogP contribution < -0.4 is 11.1 Å². The van der Waals surface area contributed by atoms with Gasteiger partial charge in [-0.15, -0.1) is 0 Å². The van der Waals surface area contributed by atoms with Gasteiger partial charge < -0.3 is 16.2 Å². The van der Waals surface area contributed by atoms with Crippen molar-refractivity contribution in [3.8, 4) is 11.8 Å². The number of rotatable bonds is 5. The van der Waals surface area contributed by atoms with Gasteiger partial charge in [0.2, 0.25) is 0 Å². The second-order valence-electron chi connectivity index (χ2n) is 6.92. The number of nitrogens with zero attached hydrogens (tertiary/aromatic N) is 3. The van der Waals surface area contributed by atoms with Crippen molar-refractivity contribution in [2.45, 2.75) is 33.2 Å². The fraction of sp³-hybridized carbons (Fsp3) is 0.389. The zero-order valence-electron chi connectivity index (χ0n) is 14.7. The molecule has 1 aromatic heterocycles. The molecular formula is C18H23N5O2. The highest BCUT2D eigenvalue weighted by Crippen LogP contribution is 2.22. The van der Waals surface area contributed by atoms with Gasteiger partial charge in [-0.05, 0) is 36.1 Å². The Balaban J connectivity index is 2.17. The van der Waals surface area contributed by atoms with Gasteiger partial charge in [0.25, 0.3) is 5.91 Å². The summed E-state index contributed by atoms with van der Waals surface area (Å²) < 4.78 is 1.45. The number of carbonyl (C=O) groups is 1. The maximum Gasteiger partial charge on any atom is 0.251 e. The third-order valence-corrected chi connectivity index (χ3v) is 4.07. The van der Waals surface area contributed by atoms with Crippen LogP contribution in [0, 0.1) is 16.7 Å². The average molecular weight is 341 g/mol. The third kappa shape index (κ3) is 4.17. The molecule has 2 aromatic rings. The summed E-state index contributed by atoms with van der Waals surface area (Å²) in [6.45, 7) is 6.07. The van der Waals surface area contributed by atoms with Crippen LogP contribution in [0.25, 0.3) is 5.69 Å². The van der Waals surface area contributed by atoms with Gasteiger partial charge in [0, 0.05) is 18.2 Å². The highest BCUT2D eigenvalue weighted by Gasteiger charge is 2.26. The predicted molar refractivity (Wildman–Crippen MR) is 95.1 cm³/mol. The lowest BCUT2D eigenvalue weighted by Gasteiger charge is -2.31. The van der Waals surface area contributed by atoms with Crippen LogP contribution >= 0.6 is 0 Å². The molecule has 7 heteroatoms.